The molecule has 6 rings (SSSR count). The highest BCUT2D eigenvalue weighted by molar-refractivity contribution is 5.94. The fourth-order valence-electron chi connectivity index (χ4n) is 5.41. The molecule has 208 valence electrons. The Morgan fingerprint density at radius 3 is 2.61 bits per heavy atom. The van der Waals surface area contributed by atoms with Gasteiger partial charge < -0.3 is 19.4 Å². The Balaban J connectivity index is 1.49. The average Bonchev–Trinajstić information content (AvgIpc) is 3.64. The molecular weight excluding hydrogens is 524 g/mol. The molecule has 1 aliphatic heterocycles. The van der Waals surface area contributed by atoms with Crippen molar-refractivity contribution in [3.63, 3.8) is 0 Å². The van der Waals surface area contributed by atoms with Crippen molar-refractivity contribution in [1.82, 2.24) is 19.1 Å². The van der Waals surface area contributed by atoms with E-state index in [1.807, 2.05) is 35.0 Å². The molecule has 1 unspecified atom stereocenters. The molecule has 3 aromatic carbocycles. The number of aryl methyl sites for hydroxylation is 1. The summed E-state index contributed by atoms with van der Waals surface area (Å²) in [6, 6.07) is 17.7. The molecular formula is C30H28N6O5. The Hall–Kier alpha value is -5.03. The van der Waals surface area contributed by atoms with Crippen molar-refractivity contribution < 1.29 is 19.2 Å². The Morgan fingerprint density at radius 1 is 1.10 bits per heavy atom. The van der Waals surface area contributed by atoms with Gasteiger partial charge in [-0.3, -0.25) is 14.7 Å². The number of aromatic nitrogens is 4. The van der Waals surface area contributed by atoms with Crippen LogP contribution < -0.4 is 5.32 Å². The number of nitro benzene ring substituents is 1. The standard InChI is InChI=1S/C30H28N6O5/c1-4-5-15-34-25-13-7-20(28(37)40-2)18-23(25)32-27(34)19-6-12-26-24(17-19)33-30(41-3,29-31-14-16-35(26)29)21-8-10-22(11-9-21)36(38)39/h6-14,16-18,33H,4-5,15H2,1-3H3. The maximum absolute atomic E-state index is 12.2. The molecule has 11 nitrogen and oxygen atoms in total. The highest BCUT2D eigenvalue weighted by Gasteiger charge is 2.43. The molecule has 0 saturated heterocycles. The van der Waals surface area contributed by atoms with Gasteiger partial charge in [0.05, 0.1) is 40.0 Å². The van der Waals surface area contributed by atoms with Crippen LogP contribution in [0.15, 0.2) is 73.1 Å². The van der Waals surface area contributed by atoms with Gasteiger partial charge >= 0.3 is 5.97 Å². The van der Waals surface area contributed by atoms with Crippen LogP contribution in [0.3, 0.4) is 0 Å². The summed E-state index contributed by atoms with van der Waals surface area (Å²) in [4.78, 5) is 32.5. The highest BCUT2D eigenvalue weighted by atomic mass is 16.6. The molecule has 5 aromatic rings. The first-order valence-corrected chi connectivity index (χ1v) is 13.3. The molecule has 0 spiro atoms. The van der Waals surface area contributed by atoms with Crippen molar-refractivity contribution in [3.05, 3.63) is 100 Å². The number of imidazole rings is 2. The van der Waals surface area contributed by atoms with Crippen LogP contribution in [0.5, 0.6) is 0 Å². The van der Waals surface area contributed by atoms with Crippen LogP contribution in [0.1, 0.15) is 41.5 Å². The topological polar surface area (TPSA) is 126 Å². The van der Waals surface area contributed by atoms with Crippen molar-refractivity contribution in [1.29, 1.82) is 0 Å². The van der Waals surface area contributed by atoms with Gasteiger partial charge in [0.15, 0.2) is 5.82 Å². The number of hydrogen-bond acceptors (Lipinski definition) is 8. The minimum Gasteiger partial charge on any atom is -0.465 e. The zero-order valence-electron chi connectivity index (χ0n) is 22.8. The average molecular weight is 553 g/mol. The number of rotatable bonds is 8. The predicted molar refractivity (Wildman–Crippen MR) is 153 cm³/mol. The van der Waals surface area contributed by atoms with Gasteiger partial charge in [0.25, 0.3) is 5.69 Å². The molecule has 0 aliphatic carbocycles. The zero-order chi connectivity index (χ0) is 28.7. The monoisotopic (exact) mass is 552 g/mol. The largest absolute Gasteiger partial charge is 0.465 e. The van der Waals surface area contributed by atoms with E-state index in [1.54, 1.807) is 37.6 Å². The molecule has 0 saturated carbocycles. The number of benzene rings is 3. The predicted octanol–water partition coefficient (Wildman–Crippen LogP) is 5.66. The van der Waals surface area contributed by atoms with Crippen molar-refractivity contribution >= 4 is 28.4 Å². The number of hydrogen-bond donors (Lipinski definition) is 1. The van der Waals surface area contributed by atoms with Crippen LogP contribution in [0, 0.1) is 10.1 Å². The summed E-state index contributed by atoms with van der Waals surface area (Å²) in [6.07, 6.45) is 5.53. The lowest BCUT2D eigenvalue weighted by Crippen LogP contribution is -2.44. The van der Waals surface area contributed by atoms with Crippen LogP contribution in [-0.4, -0.2) is 44.2 Å². The summed E-state index contributed by atoms with van der Waals surface area (Å²) in [7, 11) is 2.94. The van der Waals surface area contributed by atoms with E-state index in [9.17, 15) is 14.9 Å². The van der Waals surface area contributed by atoms with Crippen LogP contribution in [0.2, 0.25) is 0 Å². The fourth-order valence-corrected chi connectivity index (χ4v) is 5.41. The Bertz CT molecular complexity index is 1790. The van der Waals surface area contributed by atoms with Crippen molar-refractivity contribution in [2.24, 2.45) is 0 Å². The lowest BCUT2D eigenvalue weighted by molar-refractivity contribution is -0.384. The van der Waals surface area contributed by atoms with Crippen LogP contribution in [0.4, 0.5) is 11.4 Å². The number of nitrogens with zero attached hydrogens (tertiary/aromatic N) is 5. The number of carbonyl (C=O) groups excluding carboxylic acids is 1. The Morgan fingerprint density at radius 2 is 1.90 bits per heavy atom. The Kier molecular flexibility index (Phi) is 6.50. The van der Waals surface area contributed by atoms with Crippen molar-refractivity contribution in [3.8, 4) is 17.1 Å². The molecule has 0 fully saturated rings. The third-order valence-electron chi connectivity index (χ3n) is 7.48. The number of ether oxygens (including phenoxy) is 2. The molecule has 2 aromatic heterocycles. The van der Waals surface area contributed by atoms with E-state index < -0.39 is 16.6 Å². The van der Waals surface area contributed by atoms with Gasteiger partial charge in [0.1, 0.15) is 5.82 Å². The number of methoxy groups -OCH3 is 2. The van der Waals surface area contributed by atoms with E-state index in [2.05, 4.69) is 21.8 Å². The number of fused-ring (bicyclic) bond motifs is 4. The van der Waals surface area contributed by atoms with E-state index in [-0.39, 0.29) is 5.69 Å². The number of unbranched alkanes of at least 4 members (excludes halogenated alkanes) is 1. The van der Waals surface area contributed by atoms with E-state index >= 15 is 0 Å². The first-order valence-electron chi connectivity index (χ1n) is 13.3. The van der Waals surface area contributed by atoms with Gasteiger partial charge in [-0.2, -0.15) is 0 Å². The van der Waals surface area contributed by atoms with Crippen molar-refractivity contribution in [2.75, 3.05) is 19.5 Å². The second-order valence-corrected chi connectivity index (χ2v) is 9.80. The lowest BCUT2D eigenvalue weighted by Gasteiger charge is -2.38. The number of esters is 1. The van der Waals surface area contributed by atoms with Gasteiger partial charge in [0, 0.05) is 49.3 Å². The first-order chi connectivity index (χ1) is 19.9. The highest BCUT2D eigenvalue weighted by Crippen LogP contribution is 2.43. The fraction of sp³-hybridized carbons (Fsp3) is 0.233. The normalized spacial score (nSPS) is 15.7. The smallest absolute Gasteiger partial charge is 0.337 e. The molecule has 3 heterocycles. The molecule has 0 bridgehead atoms. The summed E-state index contributed by atoms with van der Waals surface area (Å²) in [6.45, 7) is 2.91. The summed E-state index contributed by atoms with van der Waals surface area (Å²) >= 11 is 0. The number of carbonyl (C=O) groups is 1. The molecule has 0 amide bonds. The van der Waals surface area contributed by atoms with Crippen molar-refractivity contribution in [2.45, 2.75) is 32.0 Å². The van der Waals surface area contributed by atoms with Gasteiger partial charge in [-0.15, -0.1) is 0 Å². The second-order valence-electron chi connectivity index (χ2n) is 9.80. The lowest BCUT2D eigenvalue weighted by atomic mass is 9.97. The summed E-state index contributed by atoms with van der Waals surface area (Å²) in [5.41, 5.74) is 4.07. The van der Waals surface area contributed by atoms with E-state index in [0.717, 1.165) is 47.7 Å². The maximum atomic E-state index is 12.2. The quantitative estimate of drug-likeness (QED) is 0.149. The molecule has 1 atom stereocenters. The summed E-state index contributed by atoms with van der Waals surface area (Å²) < 4.78 is 15.1. The zero-order valence-corrected chi connectivity index (χ0v) is 22.8. The van der Waals surface area contributed by atoms with E-state index in [1.165, 1.54) is 19.2 Å². The molecule has 11 heteroatoms. The number of non-ortho nitro benzene ring substituents is 1. The number of nitro groups is 1. The molecule has 0 radical (unpaired) electrons. The number of anilines is 1. The van der Waals surface area contributed by atoms with Gasteiger partial charge in [-0.05, 0) is 55.0 Å². The molecule has 1 N–H and O–H groups in total. The summed E-state index contributed by atoms with van der Waals surface area (Å²) in [5.74, 6) is 0.960. The third-order valence-corrected chi connectivity index (χ3v) is 7.48. The van der Waals surface area contributed by atoms with E-state index in [4.69, 9.17) is 14.5 Å². The second kappa shape index (κ2) is 10.2. The van der Waals surface area contributed by atoms with Gasteiger partial charge in [-0.1, -0.05) is 13.3 Å². The Labute approximate surface area is 235 Å². The van der Waals surface area contributed by atoms with Crippen LogP contribution in [0.25, 0.3) is 28.1 Å². The summed E-state index contributed by atoms with van der Waals surface area (Å²) in [5, 5.41) is 14.8. The van der Waals surface area contributed by atoms with E-state index in [0.29, 0.717) is 22.5 Å². The van der Waals surface area contributed by atoms with Crippen LogP contribution in [-0.2, 0) is 21.7 Å². The maximum Gasteiger partial charge on any atom is 0.337 e. The minimum absolute atomic E-state index is 0.0109. The molecule has 1 aliphatic rings. The SMILES string of the molecule is CCCCn1c(-c2ccc3c(c2)NC(OC)(c2ccc([N+](=O)[O-])cc2)c2nccn2-3)nc2cc(C(=O)OC)ccc21. The molecule has 41 heavy (non-hydrogen) atoms. The van der Waals surface area contributed by atoms with Gasteiger partial charge in [-0.25, -0.2) is 14.8 Å². The van der Waals surface area contributed by atoms with Gasteiger partial charge in [0.2, 0.25) is 5.72 Å². The van der Waals surface area contributed by atoms with Crippen LogP contribution >= 0.6 is 0 Å². The third kappa shape index (κ3) is 4.21. The first kappa shape index (κ1) is 26.2. The minimum atomic E-state index is -1.19. The number of nitrogens with one attached hydrogen (secondary N) is 1.